The minimum atomic E-state index is -4.45. The van der Waals surface area contributed by atoms with Gasteiger partial charge in [-0.1, -0.05) is 41.7 Å². The van der Waals surface area contributed by atoms with Gasteiger partial charge in [-0.3, -0.25) is 10.1 Å². The van der Waals surface area contributed by atoms with E-state index in [0.29, 0.717) is 10.1 Å². The van der Waals surface area contributed by atoms with E-state index in [0.717, 1.165) is 11.8 Å². The van der Waals surface area contributed by atoms with Gasteiger partial charge in [-0.25, -0.2) is 4.98 Å². The average Bonchev–Trinajstić information content (AvgIpc) is 3.09. The smallest absolute Gasteiger partial charge is 0.422 e. The maximum atomic E-state index is 12.2. The van der Waals surface area contributed by atoms with E-state index in [1.807, 2.05) is 30.3 Å². The Bertz CT molecular complexity index is 883. The van der Waals surface area contributed by atoms with Crippen LogP contribution in [0.3, 0.4) is 0 Å². The molecule has 2 heterocycles. The van der Waals surface area contributed by atoms with E-state index < -0.39 is 18.7 Å². The number of carbonyl (C=O) groups excluding carboxylic acids is 1. The Hall–Kier alpha value is -3.01. The molecule has 0 aliphatic carbocycles. The second kappa shape index (κ2) is 7.48. The number of hydrogen-bond acceptors (Lipinski definition) is 6. The Kier molecular flexibility index (Phi) is 5.12. The molecule has 3 rings (SSSR count). The number of ether oxygens (including phenoxy) is 1. The van der Waals surface area contributed by atoms with E-state index in [4.69, 9.17) is 0 Å². The van der Waals surface area contributed by atoms with Gasteiger partial charge in [-0.05, 0) is 6.07 Å². The number of alkyl halides is 3. The second-order valence-electron chi connectivity index (χ2n) is 5.02. The highest BCUT2D eigenvalue weighted by atomic mass is 32.1. The molecule has 0 spiro atoms. The molecule has 0 radical (unpaired) electrons. The van der Waals surface area contributed by atoms with E-state index >= 15 is 0 Å². The molecule has 1 aromatic carbocycles. The lowest BCUT2D eigenvalue weighted by Gasteiger charge is -2.08. The minimum Gasteiger partial charge on any atom is -0.468 e. The van der Waals surface area contributed by atoms with Crippen LogP contribution >= 0.6 is 11.3 Å². The number of halogens is 3. The number of pyridine rings is 1. The third kappa shape index (κ3) is 4.76. The summed E-state index contributed by atoms with van der Waals surface area (Å²) in [6, 6.07) is 11.9. The molecule has 0 aliphatic rings. The second-order valence-corrected chi connectivity index (χ2v) is 6.00. The molecular weight excluding hydrogens is 369 g/mol. The van der Waals surface area contributed by atoms with Gasteiger partial charge in [-0.2, -0.15) is 13.2 Å². The summed E-state index contributed by atoms with van der Waals surface area (Å²) in [7, 11) is 0. The van der Waals surface area contributed by atoms with E-state index in [1.54, 1.807) is 0 Å². The van der Waals surface area contributed by atoms with Crippen LogP contribution in [-0.2, 0) is 0 Å². The molecule has 6 nitrogen and oxygen atoms in total. The van der Waals surface area contributed by atoms with Crippen molar-refractivity contribution in [3.05, 3.63) is 54.2 Å². The van der Waals surface area contributed by atoms with Crippen LogP contribution in [0.25, 0.3) is 10.6 Å². The molecule has 0 saturated carbocycles. The summed E-state index contributed by atoms with van der Waals surface area (Å²) in [5, 5.41) is 11.4. The first-order chi connectivity index (χ1) is 12.4. The van der Waals surface area contributed by atoms with Crippen LogP contribution < -0.4 is 10.1 Å². The predicted molar refractivity (Wildman–Crippen MR) is 89.1 cm³/mol. The Morgan fingerprint density at radius 1 is 1.12 bits per heavy atom. The molecule has 2 aromatic heterocycles. The summed E-state index contributed by atoms with van der Waals surface area (Å²) >= 11 is 1.20. The summed E-state index contributed by atoms with van der Waals surface area (Å²) in [4.78, 5) is 15.8. The molecule has 1 amide bonds. The van der Waals surface area contributed by atoms with Gasteiger partial charge in [0.25, 0.3) is 5.91 Å². The zero-order valence-corrected chi connectivity index (χ0v) is 13.8. The summed E-state index contributed by atoms with van der Waals surface area (Å²) in [6.07, 6.45) is -3.33. The monoisotopic (exact) mass is 380 g/mol. The highest BCUT2D eigenvalue weighted by Crippen LogP contribution is 2.26. The van der Waals surface area contributed by atoms with E-state index in [1.165, 1.54) is 23.5 Å². The quantitative estimate of drug-likeness (QED) is 0.729. The van der Waals surface area contributed by atoms with Crippen molar-refractivity contribution in [2.24, 2.45) is 0 Å². The third-order valence-electron chi connectivity index (χ3n) is 3.05. The summed E-state index contributed by atoms with van der Waals surface area (Å²) in [6.45, 7) is -1.45. The topological polar surface area (TPSA) is 77.0 Å². The number of benzene rings is 1. The van der Waals surface area contributed by atoms with Gasteiger partial charge in [0, 0.05) is 17.8 Å². The number of nitrogens with zero attached hydrogens (tertiary/aromatic N) is 3. The zero-order chi connectivity index (χ0) is 18.6. The molecule has 0 atom stereocenters. The van der Waals surface area contributed by atoms with Gasteiger partial charge in [0.05, 0.1) is 5.56 Å². The van der Waals surface area contributed by atoms with Crippen LogP contribution in [0.4, 0.5) is 18.3 Å². The Morgan fingerprint density at radius 2 is 1.88 bits per heavy atom. The van der Waals surface area contributed by atoms with Crippen LogP contribution in [0, 0.1) is 0 Å². The highest BCUT2D eigenvalue weighted by Gasteiger charge is 2.28. The van der Waals surface area contributed by atoms with Gasteiger partial charge >= 0.3 is 6.18 Å². The Morgan fingerprint density at radius 3 is 2.54 bits per heavy atom. The summed E-state index contributed by atoms with van der Waals surface area (Å²) in [5.41, 5.74) is 1.03. The van der Waals surface area contributed by atoms with Crippen molar-refractivity contribution in [1.82, 2.24) is 15.2 Å². The average molecular weight is 380 g/mol. The van der Waals surface area contributed by atoms with Crippen molar-refractivity contribution >= 4 is 22.4 Å². The van der Waals surface area contributed by atoms with Crippen molar-refractivity contribution in [1.29, 1.82) is 0 Å². The van der Waals surface area contributed by atoms with Crippen LogP contribution in [0.5, 0.6) is 5.88 Å². The summed E-state index contributed by atoms with van der Waals surface area (Å²) < 4.78 is 40.7. The molecule has 0 aliphatic heterocycles. The molecule has 10 heteroatoms. The lowest BCUT2D eigenvalue weighted by atomic mass is 10.2. The fourth-order valence-electron chi connectivity index (χ4n) is 1.90. The molecular formula is C16H11F3N4O2S. The van der Waals surface area contributed by atoms with E-state index in [2.05, 4.69) is 25.2 Å². The fourth-order valence-corrected chi connectivity index (χ4v) is 2.64. The molecule has 26 heavy (non-hydrogen) atoms. The molecule has 134 valence electrons. The van der Waals surface area contributed by atoms with Crippen molar-refractivity contribution in [2.45, 2.75) is 6.18 Å². The first-order valence-electron chi connectivity index (χ1n) is 7.26. The van der Waals surface area contributed by atoms with Gasteiger partial charge in [0.15, 0.2) is 6.61 Å². The van der Waals surface area contributed by atoms with Crippen molar-refractivity contribution in [2.75, 3.05) is 11.9 Å². The normalized spacial score (nSPS) is 11.2. The number of aromatic nitrogens is 3. The SMILES string of the molecule is O=C(Nc1nnc(-c2ccccc2)s1)c1ccc(OCC(F)(F)F)nc1. The molecule has 3 aromatic rings. The maximum Gasteiger partial charge on any atom is 0.422 e. The van der Waals surface area contributed by atoms with Gasteiger partial charge < -0.3 is 4.74 Å². The number of anilines is 1. The van der Waals surface area contributed by atoms with E-state index in [-0.39, 0.29) is 11.4 Å². The molecule has 0 saturated heterocycles. The van der Waals surface area contributed by atoms with Gasteiger partial charge in [0.2, 0.25) is 11.0 Å². The lowest BCUT2D eigenvalue weighted by molar-refractivity contribution is -0.154. The zero-order valence-electron chi connectivity index (χ0n) is 13.0. The molecule has 0 unspecified atom stereocenters. The predicted octanol–water partition coefficient (Wildman–Crippen LogP) is 3.79. The number of rotatable bonds is 5. The fraction of sp³-hybridized carbons (Fsp3) is 0.125. The van der Waals surface area contributed by atoms with Crippen molar-refractivity contribution in [3.8, 4) is 16.5 Å². The van der Waals surface area contributed by atoms with Gasteiger partial charge in [-0.15, -0.1) is 10.2 Å². The third-order valence-corrected chi connectivity index (χ3v) is 3.94. The number of amides is 1. The first kappa shape index (κ1) is 17.8. The van der Waals surface area contributed by atoms with Gasteiger partial charge in [0.1, 0.15) is 5.01 Å². The number of carbonyl (C=O) groups is 1. The first-order valence-corrected chi connectivity index (χ1v) is 8.08. The summed E-state index contributed by atoms with van der Waals surface area (Å²) in [5.74, 6) is -0.725. The number of hydrogen-bond donors (Lipinski definition) is 1. The van der Waals surface area contributed by atoms with E-state index in [9.17, 15) is 18.0 Å². The Labute approximate surface area is 149 Å². The molecule has 0 fully saturated rings. The standard InChI is InChI=1S/C16H11F3N4O2S/c17-16(18,19)9-25-12-7-6-11(8-20-12)13(24)21-15-23-22-14(26-15)10-4-2-1-3-5-10/h1-8H,9H2,(H,21,23,24). The lowest BCUT2D eigenvalue weighted by Crippen LogP contribution is -2.19. The van der Waals surface area contributed by atoms with Crippen LogP contribution in [0.15, 0.2) is 48.7 Å². The molecule has 1 N–H and O–H groups in total. The number of nitrogens with one attached hydrogen (secondary N) is 1. The van der Waals surface area contributed by atoms with Crippen molar-refractivity contribution in [3.63, 3.8) is 0 Å². The maximum absolute atomic E-state index is 12.2. The Balaban J connectivity index is 1.62. The van der Waals surface area contributed by atoms with Crippen LogP contribution in [0.1, 0.15) is 10.4 Å². The largest absolute Gasteiger partial charge is 0.468 e. The highest BCUT2D eigenvalue weighted by molar-refractivity contribution is 7.18. The van der Waals surface area contributed by atoms with Crippen LogP contribution in [0.2, 0.25) is 0 Å². The van der Waals surface area contributed by atoms with Crippen LogP contribution in [-0.4, -0.2) is 33.9 Å². The molecule has 0 bridgehead atoms. The van der Waals surface area contributed by atoms with Crippen molar-refractivity contribution < 1.29 is 22.7 Å². The minimum absolute atomic E-state index is 0.154.